The van der Waals surface area contributed by atoms with Crippen LogP contribution in [0.3, 0.4) is 0 Å². The van der Waals surface area contributed by atoms with Crippen molar-refractivity contribution in [1.82, 2.24) is 5.32 Å². The number of hydrogen-bond acceptors (Lipinski definition) is 3. The molecular formula is C16H34N2O2. The number of nitrogens with two attached hydrogens (primary N) is 1. The van der Waals surface area contributed by atoms with Crippen molar-refractivity contribution in [2.45, 2.75) is 90.2 Å². The Hall–Kier alpha value is -0.610. The molecule has 0 spiro atoms. The first kappa shape index (κ1) is 19.4. The molecule has 0 heterocycles. The van der Waals surface area contributed by atoms with Crippen molar-refractivity contribution in [3.63, 3.8) is 0 Å². The normalized spacial score (nSPS) is 14.0. The maximum atomic E-state index is 11.5. The van der Waals surface area contributed by atoms with Crippen LogP contribution in [0, 0.1) is 0 Å². The summed E-state index contributed by atoms with van der Waals surface area (Å²) in [7, 11) is 0. The molecule has 0 saturated heterocycles. The lowest BCUT2D eigenvalue weighted by molar-refractivity contribution is -0.121. The predicted molar refractivity (Wildman–Crippen MR) is 84.5 cm³/mol. The van der Waals surface area contributed by atoms with Crippen LogP contribution >= 0.6 is 0 Å². The van der Waals surface area contributed by atoms with Crippen LogP contribution in [0.2, 0.25) is 0 Å². The summed E-state index contributed by atoms with van der Waals surface area (Å²) >= 11 is 0. The fraction of sp³-hybridized carbons (Fsp3) is 0.938. The zero-order valence-corrected chi connectivity index (χ0v) is 13.4. The molecule has 2 unspecified atom stereocenters. The number of rotatable bonds is 13. The second-order valence-corrected chi connectivity index (χ2v) is 5.79. The lowest BCUT2D eigenvalue weighted by atomic mass is 10.1. The van der Waals surface area contributed by atoms with E-state index in [9.17, 15) is 9.90 Å². The predicted octanol–water partition coefficient (Wildman–Crippen LogP) is 2.73. The standard InChI is InChI=1S/C16H34N2O2/c1-3-4-5-6-7-8-9-10-11-12-16(20)18-13-15(17)14(2)19/h14-15,19H,3-13,17H2,1-2H3,(H,18,20). The van der Waals surface area contributed by atoms with Gasteiger partial charge in [-0.2, -0.15) is 0 Å². The van der Waals surface area contributed by atoms with Gasteiger partial charge in [-0.15, -0.1) is 0 Å². The Morgan fingerprint density at radius 3 is 2.05 bits per heavy atom. The van der Waals surface area contributed by atoms with Gasteiger partial charge in [0.1, 0.15) is 0 Å². The summed E-state index contributed by atoms with van der Waals surface area (Å²) in [6, 6.07) is -0.373. The van der Waals surface area contributed by atoms with E-state index in [1.807, 2.05) is 0 Å². The molecule has 0 saturated carbocycles. The number of carbonyl (C=O) groups is 1. The first-order valence-electron chi connectivity index (χ1n) is 8.28. The first-order valence-corrected chi connectivity index (χ1v) is 8.28. The molecular weight excluding hydrogens is 252 g/mol. The highest BCUT2D eigenvalue weighted by molar-refractivity contribution is 5.75. The van der Waals surface area contributed by atoms with E-state index < -0.39 is 6.10 Å². The van der Waals surface area contributed by atoms with Crippen LogP contribution in [-0.2, 0) is 4.79 Å². The second-order valence-electron chi connectivity index (χ2n) is 5.79. The lowest BCUT2D eigenvalue weighted by Gasteiger charge is -2.15. The minimum absolute atomic E-state index is 0.0454. The van der Waals surface area contributed by atoms with Gasteiger partial charge in [-0.3, -0.25) is 4.79 Å². The quantitative estimate of drug-likeness (QED) is 0.456. The number of aliphatic hydroxyl groups excluding tert-OH is 1. The molecule has 0 aliphatic carbocycles. The van der Waals surface area contributed by atoms with E-state index >= 15 is 0 Å². The number of nitrogens with one attached hydrogen (secondary N) is 1. The van der Waals surface area contributed by atoms with Gasteiger partial charge in [-0.1, -0.05) is 58.3 Å². The molecule has 0 rings (SSSR count). The van der Waals surface area contributed by atoms with Crippen molar-refractivity contribution < 1.29 is 9.90 Å². The highest BCUT2D eigenvalue weighted by atomic mass is 16.3. The number of aliphatic hydroxyl groups is 1. The highest BCUT2D eigenvalue weighted by Crippen LogP contribution is 2.10. The molecule has 0 fully saturated rings. The lowest BCUT2D eigenvalue weighted by Crippen LogP contribution is -2.43. The third-order valence-corrected chi connectivity index (χ3v) is 3.66. The van der Waals surface area contributed by atoms with Gasteiger partial charge in [0.2, 0.25) is 5.91 Å². The molecule has 0 aliphatic heterocycles. The molecule has 0 bridgehead atoms. The van der Waals surface area contributed by atoms with E-state index in [0.29, 0.717) is 13.0 Å². The van der Waals surface area contributed by atoms with Crippen LogP contribution < -0.4 is 11.1 Å². The Balaban J connectivity index is 3.27. The van der Waals surface area contributed by atoms with Crippen LogP contribution in [0.5, 0.6) is 0 Å². The van der Waals surface area contributed by atoms with Crippen molar-refractivity contribution in [2.24, 2.45) is 5.73 Å². The largest absolute Gasteiger partial charge is 0.392 e. The monoisotopic (exact) mass is 286 g/mol. The third-order valence-electron chi connectivity index (χ3n) is 3.66. The van der Waals surface area contributed by atoms with Crippen molar-refractivity contribution in [3.05, 3.63) is 0 Å². The second kappa shape index (κ2) is 13.4. The van der Waals surface area contributed by atoms with Gasteiger partial charge in [0.05, 0.1) is 6.10 Å². The number of hydrogen-bond donors (Lipinski definition) is 3. The van der Waals surface area contributed by atoms with Crippen LogP contribution in [0.1, 0.15) is 78.1 Å². The summed E-state index contributed by atoms with van der Waals surface area (Å²) in [5.41, 5.74) is 5.64. The van der Waals surface area contributed by atoms with Gasteiger partial charge in [0.25, 0.3) is 0 Å². The van der Waals surface area contributed by atoms with E-state index in [0.717, 1.165) is 12.8 Å². The van der Waals surface area contributed by atoms with Crippen molar-refractivity contribution in [3.8, 4) is 0 Å². The summed E-state index contributed by atoms with van der Waals surface area (Å²) in [6.45, 7) is 4.23. The maximum Gasteiger partial charge on any atom is 0.220 e. The van der Waals surface area contributed by atoms with Gasteiger partial charge < -0.3 is 16.2 Å². The molecule has 1 amide bonds. The molecule has 4 N–H and O–H groups in total. The molecule has 0 radical (unpaired) electrons. The maximum absolute atomic E-state index is 11.5. The Bertz CT molecular complexity index is 233. The first-order chi connectivity index (χ1) is 9.57. The zero-order chi connectivity index (χ0) is 15.2. The van der Waals surface area contributed by atoms with Crippen LogP contribution in [0.4, 0.5) is 0 Å². The van der Waals surface area contributed by atoms with Crippen LogP contribution in [0.25, 0.3) is 0 Å². The molecule has 120 valence electrons. The molecule has 0 aliphatic rings. The Labute approximate surface area is 124 Å². The summed E-state index contributed by atoms with van der Waals surface area (Å²) < 4.78 is 0. The van der Waals surface area contributed by atoms with Crippen molar-refractivity contribution >= 4 is 5.91 Å². The molecule has 0 aromatic carbocycles. The zero-order valence-electron chi connectivity index (χ0n) is 13.4. The van der Waals surface area contributed by atoms with E-state index in [4.69, 9.17) is 5.73 Å². The number of amides is 1. The van der Waals surface area contributed by atoms with Gasteiger partial charge >= 0.3 is 0 Å². The number of carbonyl (C=O) groups excluding carboxylic acids is 1. The number of unbranched alkanes of at least 4 members (excludes halogenated alkanes) is 8. The van der Waals surface area contributed by atoms with Crippen molar-refractivity contribution in [1.29, 1.82) is 0 Å². The average molecular weight is 286 g/mol. The molecule has 4 nitrogen and oxygen atoms in total. The van der Waals surface area contributed by atoms with E-state index in [1.54, 1.807) is 6.92 Å². The van der Waals surface area contributed by atoms with E-state index in [1.165, 1.54) is 44.9 Å². The van der Waals surface area contributed by atoms with Gasteiger partial charge in [-0.25, -0.2) is 0 Å². The van der Waals surface area contributed by atoms with Crippen molar-refractivity contribution in [2.75, 3.05) is 6.54 Å². The summed E-state index contributed by atoms with van der Waals surface area (Å²) in [6.07, 6.45) is 11.3. The highest BCUT2D eigenvalue weighted by Gasteiger charge is 2.10. The minimum atomic E-state index is -0.581. The Morgan fingerprint density at radius 1 is 1.05 bits per heavy atom. The van der Waals surface area contributed by atoms with Gasteiger partial charge in [-0.05, 0) is 13.3 Å². The third kappa shape index (κ3) is 12.4. The molecule has 20 heavy (non-hydrogen) atoms. The topological polar surface area (TPSA) is 75.4 Å². The van der Waals surface area contributed by atoms with Crippen LogP contribution in [0.15, 0.2) is 0 Å². The SMILES string of the molecule is CCCCCCCCCCCC(=O)NCC(N)C(C)O. The summed E-state index contributed by atoms with van der Waals surface area (Å²) in [4.78, 5) is 11.5. The fourth-order valence-electron chi connectivity index (χ4n) is 2.09. The van der Waals surface area contributed by atoms with Gasteiger partial charge in [0, 0.05) is 19.0 Å². The van der Waals surface area contributed by atoms with E-state index in [2.05, 4.69) is 12.2 Å². The Morgan fingerprint density at radius 2 is 1.55 bits per heavy atom. The van der Waals surface area contributed by atoms with Crippen LogP contribution in [-0.4, -0.2) is 29.7 Å². The Kier molecular flexibility index (Phi) is 13.0. The van der Waals surface area contributed by atoms with E-state index in [-0.39, 0.29) is 11.9 Å². The average Bonchev–Trinajstić information content (AvgIpc) is 2.42. The fourth-order valence-corrected chi connectivity index (χ4v) is 2.09. The van der Waals surface area contributed by atoms with Gasteiger partial charge in [0.15, 0.2) is 0 Å². The molecule has 2 atom stereocenters. The smallest absolute Gasteiger partial charge is 0.220 e. The molecule has 4 heteroatoms. The minimum Gasteiger partial charge on any atom is -0.392 e. The molecule has 0 aromatic rings. The summed E-state index contributed by atoms with van der Waals surface area (Å²) in [5, 5.41) is 12.0. The molecule has 0 aromatic heterocycles. The summed E-state index contributed by atoms with van der Waals surface area (Å²) in [5.74, 6) is 0.0454.